The summed E-state index contributed by atoms with van der Waals surface area (Å²) in [6.45, 7) is -0.480. The second kappa shape index (κ2) is 7.64. The number of anilines is 1. The Morgan fingerprint density at radius 3 is 2.35 bits per heavy atom. The van der Waals surface area contributed by atoms with Crippen molar-refractivity contribution >= 4 is 17.6 Å². The van der Waals surface area contributed by atoms with Crippen molar-refractivity contribution in [1.82, 2.24) is 0 Å². The predicted molar refractivity (Wildman–Crippen MR) is 92.5 cm³/mol. The molecule has 4 nitrogen and oxygen atoms in total. The highest BCUT2D eigenvalue weighted by Crippen LogP contribution is 2.42. The maximum Gasteiger partial charge on any atom is 0.317 e. The standard InChI is InChI=1S/C20H19F2NO3/c21-16-9-8-15(12-17(16)22)23-18(24)13-26-19(25)20(10-4-5-11-20)14-6-2-1-3-7-14/h1-3,6-9,12H,4-5,10-11,13H2,(H,23,24). The first-order valence-corrected chi connectivity index (χ1v) is 8.49. The summed E-state index contributed by atoms with van der Waals surface area (Å²) in [6.07, 6.45) is 3.21. The van der Waals surface area contributed by atoms with E-state index in [1.54, 1.807) is 0 Å². The van der Waals surface area contributed by atoms with Crippen LogP contribution in [0, 0.1) is 11.6 Å². The van der Waals surface area contributed by atoms with Crippen LogP contribution in [0.25, 0.3) is 0 Å². The number of esters is 1. The average Bonchev–Trinajstić information content (AvgIpc) is 3.15. The van der Waals surface area contributed by atoms with Crippen LogP contribution in [0.4, 0.5) is 14.5 Å². The third-order valence-corrected chi connectivity index (χ3v) is 4.71. The second-order valence-electron chi connectivity index (χ2n) is 6.41. The van der Waals surface area contributed by atoms with E-state index in [9.17, 15) is 18.4 Å². The number of rotatable bonds is 5. The molecule has 1 amide bonds. The predicted octanol–water partition coefficient (Wildman–Crippen LogP) is 3.96. The maximum absolute atomic E-state index is 13.2. The molecule has 0 unspecified atom stereocenters. The van der Waals surface area contributed by atoms with Crippen molar-refractivity contribution in [3.05, 3.63) is 65.7 Å². The molecule has 0 heterocycles. The number of halogens is 2. The molecule has 136 valence electrons. The Morgan fingerprint density at radius 2 is 1.69 bits per heavy atom. The van der Waals surface area contributed by atoms with Gasteiger partial charge in [0.05, 0.1) is 5.41 Å². The molecule has 1 aliphatic rings. The van der Waals surface area contributed by atoms with Gasteiger partial charge in [0.15, 0.2) is 18.2 Å². The third-order valence-electron chi connectivity index (χ3n) is 4.71. The second-order valence-corrected chi connectivity index (χ2v) is 6.41. The van der Waals surface area contributed by atoms with Crippen molar-refractivity contribution in [3.63, 3.8) is 0 Å². The van der Waals surface area contributed by atoms with Gasteiger partial charge in [-0.1, -0.05) is 43.2 Å². The van der Waals surface area contributed by atoms with Crippen LogP contribution in [0.2, 0.25) is 0 Å². The van der Waals surface area contributed by atoms with E-state index in [0.717, 1.165) is 30.5 Å². The quantitative estimate of drug-likeness (QED) is 0.822. The molecular formula is C20H19F2NO3. The summed E-state index contributed by atoms with van der Waals surface area (Å²) in [5.41, 5.74) is 0.274. The fraction of sp³-hybridized carbons (Fsp3) is 0.300. The number of nitrogens with one attached hydrogen (secondary N) is 1. The zero-order chi connectivity index (χ0) is 18.6. The van der Waals surface area contributed by atoms with Crippen LogP contribution in [0.3, 0.4) is 0 Å². The summed E-state index contributed by atoms with van der Waals surface area (Å²) in [7, 11) is 0. The molecule has 1 saturated carbocycles. The van der Waals surface area contributed by atoms with E-state index in [-0.39, 0.29) is 5.69 Å². The summed E-state index contributed by atoms with van der Waals surface area (Å²) in [5, 5.41) is 2.39. The zero-order valence-electron chi connectivity index (χ0n) is 14.1. The Balaban J connectivity index is 1.63. The number of hydrogen-bond acceptors (Lipinski definition) is 3. The number of benzene rings is 2. The number of hydrogen-bond donors (Lipinski definition) is 1. The fourth-order valence-corrected chi connectivity index (χ4v) is 3.39. The molecule has 6 heteroatoms. The van der Waals surface area contributed by atoms with Crippen molar-refractivity contribution in [2.75, 3.05) is 11.9 Å². The molecule has 1 N–H and O–H groups in total. The molecule has 26 heavy (non-hydrogen) atoms. The van der Waals surface area contributed by atoms with Crippen molar-refractivity contribution in [1.29, 1.82) is 0 Å². The highest BCUT2D eigenvalue weighted by molar-refractivity contribution is 5.93. The SMILES string of the molecule is O=C(COC(=O)C1(c2ccccc2)CCCC1)Nc1ccc(F)c(F)c1. The van der Waals surface area contributed by atoms with Gasteiger partial charge in [0, 0.05) is 11.8 Å². The Kier molecular flexibility index (Phi) is 5.30. The van der Waals surface area contributed by atoms with Gasteiger partial charge in [-0.3, -0.25) is 9.59 Å². The summed E-state index contributed by atoms with van der Waals surface area (Å²) < 4.78 is 31.3. The van der Waals surface area contributed by atoms with Crippen molar-refractivity contribution in [3.8, 4) is 0 Å². The lowest BCUT2D eigenvalue weighted by molar-refractivity contribution is -0.153. The van der Waals surface area contributed by atoms with E-state index >= 15 is 0 Å². The van der Waals surface area contributed by atoms with E-state index in [2.05, 4.69) is 5.32 Å². The molecule has 0 atom stereocenters. The number of amides is 1. The van der Waals surface area contributed by atoms with Crippen LogP contribution in [-0.2, 0) is 19.7 Å². The van der Waals surface area contributed by atoms with Gasteiger partial charge in [-0.25, -0.2) is 8.78 Å². The van der Waals surface area contributed by atoms with Gasteiger partial charge in [0.1, 0.15) is 0 Å². The van der Waals surface area contributed by atoms with Crippen LogP contribution in [0.5, 0.6) is 0 Å². The van der Waals surface area contributed by atoms with Crippen molar-refractivity contribution in [2.24, 2.45) is 0 Å². The molecule has 0 spiro atoms. The summed E-state index contributed by atoms with van der Waals surface area (Å²) in [5.74, 6) is -3.10. The zero-order valence-corrected chi connectivity index (χ0v) is 14.1. The van der Waals surface area contributed by atoms with Gasteiger partial charge in [-0.15, -0.1) is 0 Å². The van der Waals surface area contributed by atoms with Crippen LogP contribution in [0.15, 0.2) is 48.5 Å². The minimum absolute atomic E-state index is 0.101. The topological polar surface area (TPSA) is 55.4 Å². The van der Waals surface area contributed by atoms with E-state index in [1.807, 2.05) is 30.3 Å². The molecule has 1 fully saturated rings. The first-order chi connectivity index (χ1) is 12.5. The van der Waals surface area contributed by atoms with E-state index in [0.29, 0.717) is 12.8 Å². The minimum atomic E-state index is -1.06. The fourth-order valence-electron chi connectivity index (χ4n) is 3.39. The highest BCUT2D eigenvalue weighted by Gasteiger charge is 2.44. The molecule has 1 aliphatic carbocycles. The summed E-state index contributed by atoms with van der Waals surface area (Å²) in [4.78, 5) is 24.7. The van der Waals surface area contributed by atoms with Gasteiger partial charge in [0.25, 0.3) is 5.91 Å². The van der Waals surface area contributed by atoms with Crippen LogP contribution in [-0.4, -0.2) is 18.5 Å². The smallest absolute Gasteiger partial charge is 0.317 e. The van der Waals surface area contributed by atoms with Crippen LogP contribution >= 0.6 is 0 Å². The molecule has 0 saturated heterocycles. The molecule has 0 radical (unpaired) electrons. The monoisotopic (exact) mass is 359 g/mol. The largest absolute Gasteiger partial charge is 0.455 e. The van der Waals surface area contributed by atoms with Crippen molar-refractivity contribution in [2.45, 2.75) is 31.1 Å². The lowest BCUT2D eigenvalue weighted by Gasteiger charge is -2.27. The van der Waals surface area contributed by atoms with Gasteiger partial charge < -0.3 is 10.1 Å². The van der Waals surface area contributed by atoms with Crippen LogP contribution < -0.4 is 5.32 Å². The Hall–Kier alpha value is -2.76. The van der Waals surface area contributed by atoms with Gasteiger partial charge in [0.2, 0.25) is 0 Å². The Morgan fingerprint density at radius 1 is 1.00 bits per heavy atom. The molecule has 2 aromatic rings. The highest BCUT2D eigenvalue weighted by atomic mass is 19.2. The van der Waals surface area contributed by atoms with Gasteiger partial charge in [-0.2, -0.15) is 0 Å². The van der Waals surface area contributed by atoms with Gasteiger partial charge >= 0.3 is 5.97 Å². The average molecular weight is 359 g/mol. The van der Waals surface area contributed by atoms with Gasteiger partial charge in [-0.05, 0) is 30.5 Å². The normalized spacial score (nSPS) is 15.5. The van der Waals surface area contributed by atoms with E-state index < -0.39 is 35.5 Å². The van der Waals surface area contributed by atoms with Crippen molar-refractivity contribution < 1.29 is 23.1 Å². The first-order valence-electron chi connectivity index (χ1n) is 8.49. The summed E-state index contributed by atoms with van der Waals surface area (Å²) >= 11 is 0. The molecule has 3 rings (SSSR count). The Labute approximate surface area is 150 Å². The first kappa shape index (κ1) is 18.0. The number of carbonyl (C=O) groups is 2. The minimum Gasteiger partial charge on any atom is -0.455 e. The Bertz CT molecular complexity index is 802. The molecule has 2 aromatic carbocycles. The van der Waals surface area contributed by atoms with E-state index in [1.165, 1.54) is 6.07 Å². The third kappa shape index (κ3) is 3.74. The lowest BCUT2D eigenvalue weighted by atomic mass is 9.79. The number of ether oxygens (including phenoxy) is 1. The van der Waals surface area contributed by atoms with Crippen LogP contribution in [0.1, 0.15) is 31.2 Å². The molecule has 0 aromatic heterocycles. The maximum atomic E-state index is 13.2. The molecular weight excluding hydrogens is 340 g/mol. The summed E-state index contributed by atoms with van der Waals surface area (Å²) in [6, 6.07) is 12.4. The van der Waals surface area contributed by atoms with E-state index in [4.69, 9.17) is 4.74 Å². The number of carbonyl (C=O) groups excluding carboxylic acids is 2. The molecule has 0 aliphatic heterocycles. The lowest BCUT2D eigenvalue weighted by Crippen LogP contribution is -2.36. The molecule has 0 bridgehead atoms.